The number of hydrogen-bond donors (Lipinski definition) is 1. The van der Waals surface area contributed by atoms with E-state index in [2.05, 4.69) is 20.4 Å². The maximum absolute atomic E-state index is 11.8. The van der Waals surface area contributed by atoms with E-state index in [9.17, 15) is 4.79 Å². The van der Waals surface area contributed by atoms with Crippen LogP contribution in [0, 0.1) is 0 Å². The summed E-state index contributed by atoms with van der Waals surface area (Å²) in [4.78, 5) is 20.4. The summed E-state index contributed by atoms with van der Waals surface area (Å²) in [7, 11) is 1.56. The molecule has 0 fully saturated rings. The van der Waals surface area contributed by atoms with Gasteiger partial charge < -0.3 is 10.1 Å². The topological polar surface area (TPSA) is 81.4 Å². The first-order valence-corrected chi connectivity index (χ1v) is 6.82. The molecule has 3 rings (SSSR count). The fraction of sp³-hybridized carbons (Fsp3) is 0.200. The summed E-state index contributed by atoms with van der Waals surface area (Å²) in [5.74, 6) is 0.438. The van der Waals surface area contributed by atoms with Crippen LogP contribution in [0.15, 0.2) is 42.9 Å². The summed E-state index contributed by atoms with van der Waals surface area (Å²) in [6.07, 6.45) is 5.47. The Balaban J connectivity index is 1.92. The summed E-state index contributed by atoms with van der Waals surface area (Å²) >= 11 is 0. The van der Waals surface area contributed by atoms with Gasteiger partial charge in [-0.2, -0.15) is 0 Å². The van der Waals surface area contributed by atoms with Crippen LogP contribution in [-0.2, 0) is 9.53 Å². The van der Waals surface area contributed by atoms with Crippen LogP contribution in [0.3, 0.4) is 0 Å². The number of amides is 1. The minimum Gasteiger partial charge on any atom is -0.384 e. The first kappa shape index (κ1) is 14.2. The maximum Gasteiger partial charge on any atom is 0.226 e. The van der Waals surface area contributed by atoms with Crippen LogP contribution in [-0.4, -0.2) is 39.2 Å². The van der Waals surface area contributed by atoms with E-state index >= 15 is 0 Å². The van der Waals surface area contributed by atoms with E-state index in [-0.39, 0.29) is 5.91 Å². The summed E-state index contributed by atoms with van der Waals surface area (Å²) < 4.78 is 6.53. The summed E-state index contributed by atoms with van der Waals surface area (Å²) in [5.41, 5.74) is 2.03. The largest absolute Gasteiger partial charge is 0.384 e. The maximum atomic E-state index is 11.8. The predicted octanol–water partition coefficient (Wildman–Crippen LogP) is 1.77. The van der Waals surface area contributed by atoms with Crippen LogP contribution in [0.2, 0.25) is 0 Å². The highest BCUT2D eigenvalue weighted by atomic mass is 16.5. The first-order chi connectivity index (χ1) is 10.8. The number of rotatable bonds is 5. The molecule has 0 atom stereocenters. The number of nitrogens with zero attached hydrogens (tertiary/aromatic N) is 4. The lowest BCUT2D eigenvalue weighted by molar-refractivity contribution is -0.117. The van der Waals surface area contributed by atoms with Crippen molar-refractivity contribution in [3.8, 4) is 11.4 Å². The first-order valence-electron chi connectivity index (χ1n) is 6.82. The quantitative estimate of drug-likeness (QED) is 0.776. The molecule has 0 aliphatic rings. The van der Waals surface area contributed by atoms with Gasteiger partial charge in [0, 0.05) is 31.3 Å². The van der Waals surface area contributed by atoms with Gasteiger partial charge in [-0.25, -0.2) is 9.50 Å². The molecule has 0 radical (unpaired) electrons. The zero-order valence-electron chi connectivity index (χ0n) is 12.1. The second kappa shape index (κ2) is 6.31. The molecule has 0 aliphatic heterocycles. The highest BCUT2D eigenvalue weighted by Gasteiger charge is 2.11. The van der Waals surface area contributed by atoms with Crippen LogP contribution >= 0.6 is 0 Å². The van der Waals surface area contributed by atoms with E-state index < -0.39 is 0 Å². The van der Waals surface area contributed by atoms with Gasteiger partial charge in [0.25, 0.3) is 0 Å². The van der Waals surface area contributed by atoms with Crippen LogP contribution in [0.5, 0.6) is 0 Å². The highest BCUT2D eigenvalue weighted by molar-refractivity contribution is 5.94. The minimum absolute atomic E-state index is 0.124. The van der Waals surface area contributed by atoms with Gasteiger partial charge in [0.15, 0.2) is 11.5 Å². The number of fused-ring (bicyclic) bond motifs is 1. The number of carbonyl (C=O) groups is 1. The normalized spacial score (nSPS) is 10.8. The van der Waals surface area contributed by atoms with Gasteiger partial charge in [-0.15, -0.1) is 5.10 Å². The molecule has 3 heterocycles. The number of methoxy groups -OCH3 is 1. The average Bonchev–Trinajstić information content (AvgIpc) is 2.99. The molecule has 7 nitrogen and oxygen atoms in total. The van der Waals surface area contributed by atoms with Crippen molar-refractivity contribution in [2.75, 3.05) is 19.0 Å². The molecule has 3 aromatic heterocycles. The Labute approximate surface area is 127 Å². The van der Waals surface area contributed by atoms with Gasteiger partial charge in [0.05, 0.1) is 18.7 Å². The van der Waals surface area contributed by atoms with E-state index in [1.165, 1.54) is 0 Å². The number of anilines is 1. The second-order valence-corrected chi connectivity index (χ2v) is 4.66. The molecule has 7 heteroatoms. The van der Waals surface area contributed by atoms with Crippen molar-refractivity contribution in [3.63, 3.8) is 0 Å². The lowest BCUT2D eigenvalue weighted by atomic mass is 10.3. The summed E-state index contributed by atoms with van der Waals surface area (Å²) in [6, 6.07) is 7.31. The Morgan fingerprint density at radius 3 is 3.05 bits per heavy atom. The SMILES string of the molecule is COCCC(=O)Nc1cccn2nc(-c3cccnc3)nc12. The Bertz CT molecular complexity index is 785. The van der Waals surface area contributed by atoms with Crippen LogP contribution in [0.25, 0.3) is 17.0 Å². The number of aromatic nitrogens is 4. The van der Waals surface area contributed by atoms with Gasteiger partial charge in [-0.05, 0) is 24.3 Å². The highest BCUT2D eigenvalue weighted by Crippen LogP contribution is 2.19. The van der Waals surface area contributed by atoms with Crippen molar-refractivity contribution in [2.45, 2.75) is 6.42 Å². The Hall–Kier alpha value is -2.80. The third kappa shape index (κ3) is 2.94. The predicted molar refractivity (Wildman–Crippen MR) is 81.3 cm³/mol. The molecule has 0 unspecified atom stereocenters. The Morgan fingerprint density at radius 1 is 1.36 bits per heavy atom. The van der Waals surface area contributed by atoms with Crippen LogP contribution in [0.1, 0.15) is 6.42 Å². The monoisotopic (exact) mass is 297 g/mol. The van der Waals surface area contributed by atoms with Crippen molar-refractivity contribution in [2.24, 2.45) is 0 Å². The number of ether oxygens (including phenoxy) is 1. The van der Waals surface area contributed by atoms with E-state index in [1.807, 2.05) is 12.1 Å². The zero-order chi connectivity index (χ0) is 15.4. The van der Waals surface area contributed by atoms with Crippen molar-refractivity contribution >= 4 is 17.2 Å². The molecule has 1 amide bonds. The molecule has 0 aromatic carbocycles. The van der Waals surface area contributed by atoms with Crippen molar-refractivity contribution in [1.29, 1.82) is 0 Å². The minimum atomic E-state index is -0.124. The van der Waals surface area contributed by atoms with Crippen molar-refractivity contribution in [3.05, 3.63) is 42.9 Å². The molecule has 0 saturated heterocycles. The lowest BCUT2D eigenvalue weighted by Crippen LogP contribution is -2.14. The molecule has 3 aromatic rings. The van der Waals surface area contributed by atoms with E-state index in [1.54, 1.807) is 42.3 Å². The van der Waals surface area contributed by atoms with Crippen LogP contribution < -0.4 is 5.32 Å². The second-order valence-electron chi connectivity index (χ2n) is 4.66. The van der Waals surface area contributed by atoms with Crippen molar-refractivity contribution < 1.29 is 9.53 Å². The number of nitrogens with one attached hydrogen (secondary N) is 1. The number of pyridine rings is 2. The average molecular weight is 297 g/mol. The fourth-order valence-electron chi connectivity index (χ4n) is 2.03. The third-order valence-electron chi connectivity index (χ3n) is 3.09. The number of carbonyl (C=O) groups excluding carboxylic acids is 1. The number of hydrogen-bond acceptors (Lipinski definition) is 5. The Morgan fingerprint density at radius 2 is 2.27 bits per heavy atom. The van der Waals surface area contributed by atoms with Crippen molar-refractivity contribution in [1.82, 2.24) is 19.6 Å². The molecule has 1 N–H and O–H groups in total. The lowest BCUT2D eigenvalue weighted by Gasteiger charge is -2.05. The smallest absolute Gasteiger partial charge is 0.226 e. The summed E-state index contributed by atoms with van der Waals surface area (Å²) in [5, 5.41) is 7.23. The zero-order valence-corrected chi connectivity index (χ0v) is 12.1. The Kier molecular flexibility index (Phi) is 4.06. The molecule has 112 valence electrons. The van der Waals surface area contributed by atoms with Gasteiger partial charge in [-0.1, -0.05) is 0 Å². The van der Waals surface area contributed by atoms with Gasteiger partial charge >= 0.3 is 0 Å². The van der Waals surface area contributed by atoms with E-state index in [4.69, 9.17) is 4.74 Å². The molecule has 0 aliphatic carbocycles. The molecular formula is C15H15N5O2. The molecule has 0 saturated carbocycles. The molecule has 0 spiro atoms. The summed E-state index contributed by atoms with van der Waals surface area (Å²) in [6.45, 7) is 0.378. The fourth-order valence-corrected chi connectivity index (χ4v) is 2.03. The molecule has 0 bridgehead atoms. The van der Waals surface area contributed by atoms with Gasteiger partial charge in [-0.3, -0.25) is 9.78 Å². The standard InChI is InChI=1S/C15H15N5O2/c1-22-9-6-13(21)17-12-5-3-8-20-15(12)18-14(19-20)11-4-2-7-16-10-11/h2-5,7-8,10H,6,9H2,1H3,(H,17,21). The van der Waals surface area contributed by atoms with Crippen LogP contribution in [0.4, 0.5) is 5.69 Å². The van der Waals surface area contributed by atoms with Gasteiger partial charge in [0.1, 0.15) is 0 Å². The molecular weight excluding hydrogens is 282 g/mol. The molecule has 22 heavy (non-hydrogen) atoms. The third-order valence-corrected chi connectivity index (χ3v) is 3.09. The van der Waals surface area contributed by atoms with E-state index in [0.29, 0.717) is 30.2 Å². The van der Waals surface area contributed by atoms with Gasteiger partial charge in [0.2, 0.25) is 5.91 Å². The van der Waals surface area contributed by atoms with E-state index in [0.717, 1.165) is 5.56 Å².